The first-order chi connectivity index (χ1) is 10.0. The monoisotopic (exact) mass is 302 g/mol. The number of carbonyl (C=O) groups is 1. The lowest BCUT2D eigenvalue weighted by atomic mass is 10.1. The number of carboxylic acids is 1. The summed E-state index contributed by atoms with van der Waals surface area (Å²) in [6.45, 7) is 0. The molecule has 0 aliphatic rings. The Morgan fingerprint density at radius 1 is 1.19 bits per heavy atom. The van der Waals surface area contributed by atoms with Crippen LogP contribution in [0.2, 0.25) is 0 Å². The van der Waals surface area contributed by atoms with Crippen LogP contribution in [0.4, 0.5) is 8.78 Å². The van der Waals surface area contributed by atoms with E-state index in [1.54, 1.807) is 7.05 Å². The van der Waals surface area contributed by atoms with E-state index in [9.17, 15) is 13.6 Å². The predicted octanol–water partition coefficient (Wildman–Crippen LogP) is 4.05. The van der Waals surface area contributed by atoms with Gasteiger partial charge in [-0.2, -0.15) is 5.10 Å². The van der Waals surface area contributed by atoms with Crippen molar-refractivity contribution in [1.29, 1.82) is 0 Å². The van der Waals surface area contributed by atoms with Gasteiger partial charge < -0.3 is 5.11 Å². The molecule has 21 heavy (non-hydrogen) atoms. The highest BCUT2D eigenvalue weighted by Gasteiger charge is 2.13. The number of alkyl halides is 2. The van der Waals surface area contributed by atoms with Crippen LogP contribution in [0.25, 0.3) is 0 Å². The summed E-state index contributed by atoms with van der Waals surface area (Å²) < 4.78 is 25.4. The van der Waals surface area contributed by atoms with E-state index in [2.05, 4.69) is 5.10 Å². The number of aromatic carboxylic acids is 1. The maximum Gasteiger partial charge on any atom is 0.339 e. The third-order valence-electron chi connectivity index (χ3n) is 3.47. The lowest BCUT2D eigenvalue weighted by molar-refractivity contribution is 0.0695. The summed E-state index contributed by atoms with van der Waals surface area (Å²) in [5.74, 6) is -0.933. The first-order valence-electron chi connectivity index (χ1n) is 7.54. The Labute approximate surface area is 124 Å². The Morgan fingerprint density at radius 3 is 2.33 bits per heavy atom. The highest BCUT2D eigenvalue weighted by atomic mass is 19.3. The zero-order valence-corrected chi connectivity index (χ0v) is 12.5. The van der Waals surface area contributed by atoms with Gasteiger partial charge in [0.2, 0.25) is 6.43 Å². The van der Waals surface area contributed by atoms with E-state index in [1.165, 1.54) is 10.9 Å². The highest BCUT2D eigenvalue weighted by Crippen LogP contribution is 2.14. The van der Waals surface area contributed by atoms with Gasteiger partial charge in [0.05, 0.1) is 5.69 Å². The lowest BCUT2D eigenvalue weighted by Gasteiger charge is -2.02. The third kappa shape index (κ3) is 7.20. The molecule has 0 radical (unpaired) electrons. The smallest absolute Gasteiger partial charge is 0.339 e. The van der Waals surface area contributed by atoms with Crippen molar-refractivity contribution in [3.63, 3.8) is 0 Å². The average Bonchev–Trinajstić information content (AvgIpc) is 2.78. The summed E-state index contributed by atoms with van der Waals surface area (Å²) in [5, 5.41) is 13.2. The molecule has 0 fully saturated rings. The molecule has 0 bridgehead atoms. The van der Waals surface area contributed by atoms with Gasteiger partial charge in [0.1, 0.15) is 5.56 Å². The van der Waals surface area contributed by atoms with E-state index in [4.69, 9.17) is 5.11 Å². The van der Waals surface area contributed by atoms with Crippen molar-refractivity contribution in [3.8, 4) is 0 Å². The fourth-order valence-corrected chi connectivity index (χ4v) is 2.37. The highest BCUT2D eigenvalue weighted by molar-refractivity contribution is 5.88. The molecule has 0 amide bonds. The second kappa shape index (κ2) is 9.47. The Bertz CT molecular complexity index is 433. The molecular weight excluding hydrogens is 278 g/mol. The number of unbranched alkanes of at least 4 members (excludes halogenated alkanes) is 6. The van der Waals surface area contributed by atoms with E-state index in [-0.39, 0.29) is 12.0 Å². The minimum absolute atomic E-state index is 0.0115. The van der Waals surface area contributed by atoms with Crippen molar-refractivity contribution in [2.75, 3.05) is 0 Å². The number of carboxylic acid groups (broad SMARTS) is 1. The average molecular weight is 302 g/mol. The second-order valence-corrected chi connectivity index (χ2v) is 5.37. The molecule has 1 rings (SSSR count). The second-order valence-electron chi connectivity index (χ2n) is 5.37. The van der Waals surface area contributed by atoms with E-state index in [1.807, 2.05) is 0 Å². The molecular formula is C15H24F2N2O2. The van der Waals surface area contributed by atoms with Crippen LogP contribution < -0.4 is 0 Å². The van der Waals surface area contributed by atoms with Crippen LogP contribution in [-0.4, -0.2) is 27.3 Å². The van der Waals surface area contributed by atoms with Gasteiger partial charge in [0.25, 0.3) is 0 Å². The molecule has 6 heteroatoms. The number of halogens is 2. The molecule has 1 heterocycles. The molecule has 0 atom stereocenters. The van der Waals surface area contributed by atoms with Gasteiger partial charge in [0, 0.05) is 19.7 Å². The van der Waals surface area contributed by atoms with Crippen molar-refractivity contribution >= 4 is 5.97 Å². The van der Waals surface area contributed by atoms with Gasteiger partial charge >= 0.3 is 5.97 Å². The molecule has 0 aliphatic carbocycles. The Balaban J connectivity index is 2.08. The van der Waals surface area contributed by atoms with E-state index in [0.29, 0.717) is 18.5 Å². The maximum atomic E-state index is 11.9. The van der Waals surface area contributed by atoms with Crippen molar-refractivity contribution in [2.24, 2.45) is 7.05 Å². The summed E-state index contributed by atoms with van der Waals surface area (Å²) in [5.41, 5.74) is 0.923. The lowest BCUT2D eigenvalue weighted by Crippen LogP contribution is -2.00. The summed E-state index contributed by atoms with van der Waals surface area (Å²) in [7, 11) is 1.72. The van der Waals surface area contributed by atoms with Crippen LogP contribution >= 0.6 is 0 Å². The zero-order chi connectivity index (χ0) is 15.7. The number of aryl methyl sites for hydroxylation is 2. The van der Waals surface area contributed by atoms with Gasteiger partial charge in [-0.1, -0.05) is 32.1 Å². The van der Waals surface area contributed by atoms with Crippen LogP contribution in [0.15, 0.2) is 6.20 Å². The first-order valence-corrected chi connectivity index (χ1v) is 7.54. The molecule has 4 nitrogen and oxygen atoms in total. The summed E-state index contributed by atoms with van der Waals surface area (Å²) in [4.78, 5) is 11.0. The normalized spacial score (nSPS) is 11.2. The van der Waals surface area contributed by atoms with Crippen LogP contribution in [-0.2, 0) is 13.5 Å². The summed E-state index contributed by atoms with van der Waals surface area (Å²) >= 11 is 0. The van der Waals surface area contributed by atoms with Gasteiger partial charge in [-0.15, -0.1) is 0 Å². The maximum absolute atomic E-state index is 11.9. The van der Waals surface area contributed by atoms with E-state index < -0.39 is 12.4 Å². The number of nitrogens with zero attached hydrogens (tertiary/aromatic N) is 2. The molecule has 0 unspecified atom stereocenters. The standard InChI is InChI=1S/C15H24F2N2O2/c1-19-11-12(15(20)21)13(18-19)9-7-5-3-2-4-6-8-10-14(16)17/h11,14H,2-10H2,1H3,(H,20,21). The molecule has 1 aromatic heterocycles. The van der Waals surface area contributed by atoms with Gasteiger partial charge in [-0.25, -0.2) is 13.6 Å². The first kappa shape index (κ1) is 17.6. The van der Waals surface area contributed by atoms with E-state index in [0.717, 1.165) is 38.5 Å². The molecule has 0 saturated heterocycles. The Kier molecular flexibility index (Phi) is 7.93. The topological polar surface area (TPSA) is 55.1 Å². The summed E-state index contributed by atoms with van der Waals surface area (Å²) in [6, 6.07) is 0. The molecule has 0 saturated carbocycles. The van der Waals surface area contributed by atoms with Crippen molar-refractivity contribution in [3.05, 3.63) is 17.5 Å². The van der Waals surface area contributed by atoms with Crippen LogP contribution in [0, 0.1) is 0 Å². The minimum Gasteiger partial charge on any atom is -0.478 e. The molecule has 0 aliphatic heterocycles. The fraction of sp³-hybridized carbons (Fsp3) is 0.733. The number of rotatable bonds is 11. The quantitative estimate of drug-likeness (QED) is 0.627. The Morgan fingerprint density at radius 2 is 1.76 bits per heavy atom. The van der Waals surface area contributed by atoms with Gasteiger partial charge in [-0.05, 0) is 19.3 Å². The van der Waals surface area contributed by atoms with Crippen LogP contribution in [0.5, 0.6) is 0 Å². The van der Waals surface area contributed by atoms with Gasteiger partial charge in [0.15, 0.2) is 0 Å². The number of aromatic nitrogens is 2. The Hall–Kier alpha value is -1.46. The van der Waals surface area contributed by atoms with Gasteiger partial charge in [-0.3, -0.25) is 4.68 Å². The van der Waals surface area contributed by atoms with E-state index >= 15 is 0 Å². The predicted molar refractivity (Wildman–Crippen MR) is 76.8 cm³/mol. The molecule has 1 aromatic rings. The molecule has 0 aromatic carbocycles. The number of hydrogen-bond acceptors (Lipinski definition) is 2. The molecule has 120 valence electrons. The SMILES string of the molecule is Cn1cc(C(=O)O)c(CCCCCCCCCC(F)F)n1. The third-order valence-corrected chi connectivity index (χ3v) is 3.47. The largest absolute Gasteiger partial charge is 0.478 e. The molecule has 1 N–H and O–H groups in total. The van der Waals surface area contributed by atoms with Crippen LogP contribution in [0.1, 0.15) is 67.4 Å². The van der Waals surface area contributed by atoms with Crippen molar-refractivity contribution in [2.45, 2.75) is 64.2 Å². The fourth-order valence-electron chi connectivity index (χ4n) is 2.37. The number of hydrogen-bond donors (Lipinski definition) is 1. The van der Waals surface area contributed by atoms with Crippen molar-refractivity contribution in [1.82, 2.24) is 9.78 Å². The zero-order valence-electron chi connectivity index (χ0n) is 12.5. The summed E-state index contributed by atoms with van der Waals surface area (Å²) in [6.07, 6.45) is 6.55. The molecule has 0 spiro atoms. The van der Waals surface area contributed by atoms with Crippen LogP contribution in [0.3, 0.4) is 0 Å². The van der Waals surface area contributed by atoms with Crippen molar-refractivity contribution < 1.29 is 18.7 Å². The minimum atomic E-state index is -2.17.